The molecule has 3 aliphatic rings. The molecular formula is C26H32N4O5. The van der Waals surface area contributed by atoms with Gasteiger partial charge in [-0.3, -0.25) is 4.90 Å². The number of likely N-dealkylation sites (tertiary alicyclic amines) is 2. The van der Waals surface area contributed by atoms with E-state index in [0.29, 0.717) is 13.1 Å². The zero-order chi connectivity index (χ0) is 24.6. The SMILES string of the molecule is CCC1(O)CN(Cc2ccc(OC3CN(C(=O)N4N=CC(c5ccc(OC)cc5)O4)C3)c(C)c2)C1. The van der Waals surface area contributed by atoms with Crippen LogP contribution in [-0.2, 0) is 11.4 Å². The van der Waals surface area contributed by atoms with Crippen molar-refractivity contribution in [2.45, 2.75) is 44.6 Å². The van der Waals surface area contributed by atoms with Crippen LogP contribution in [0.2, 0.25) is 0 Å². The monoisotopic (exact) mass is 480 g/mol. The number of rotatable bonds is 7. The normalized spacial score (nSPS) is 21.5. The number of carbonyl (C=O) groups is 1. The first kappa shape index (κ1) is 23.6. The molecule has 2 aromatic carbocycles. The van der Waals surface area contributed by atoms with Crippen LogP contribution in [0.5, 0.6) is 11.5 Å². The Morgan fingerprint density at radius 2 is 1.94 bits per heavy atom. The van der Waals surface area contributed by atoms with Crippen LogP contribution in [0.4, 0.5) is 4.79 Å². The summed E-state index contributed by atoms with van der Waals surface area (Å²) < 4.78 is 11.3. The molecule has 0 aliphatic carbocycles. The number of aryl methyl sites for hydroxylation is 1. The van der Waals surface area contributed by atoms with Gasteiger partial charge in [-0.05, 0) is 48.2 Å². The molecule has 0 aromatic heterocycles. The number of hydrogen-bond donors (Lipinski definition) is 1. The van der Waals surface area contributed by atoms with Gasteiger partial charge in [0, 0.05) is 19.6 Å². The van der Waals surface area contributed by atoms with Crippen molar-refractivity contribution in [2.75, 3.05) is 33.3 Å². The van der Waals surface area contributed by atoms with E-state index in [1.807, 2.05) is 44.2 Å². The second kappa shape index (κ2) is 9.49. The summed E-state index contributed by atoms with van der Waals surface area (Å²) in [5.74, 6) is 1.59. The Labute approximate surface area is 205 Å². The summed E-state index contributed by atoms with van der Waals surface area (Å²) >= 11 is 0. The number of nitrogens with zero attached hydrogens (tertiary/aromatic N) is 4. The molecule has 9 heteroatoms. The zero-order valence-electron chi connectivity index (χ0n) is 20.4. The first-order valence-corrected chi connectivity index (χ1v) is 12.0. The number of β-amino-alcohol motifs (C(OH)–C–C–N with tert-alkyl or cyclic N) is 1. The van der Waals surface area contributed by atoms with Crippen LogP contribution in [0, 0.1) is 6.92 Å². The van der Waals surface area contributed by atoms with E-state index in [-0.39, 0.29) is 12.1 Å². The van der Waals surface area contributed by atoms with Gasteiger partial charge in [0.05, 0.1) is 32.0 Å². The molecule has 1 N–H and O–H groups in total. The molecular weight excluding hydrogens is 448 g/mol. The third kappa shape index (κ3) is 4.98. The molecule has 2 amide bonds. The molecule has 3 heterocycles. The Morgan fingerprint density at radius 1 is 1.20 bits per heavy atom. The molecule has 2 aromatic rings. The maximum atomic E-state index is 12.7. The Bertz CT molecular complexity index is 1090. The van der Waals surface area contributed by atoms with Gasteiger partial charge in [-0.2, -0.15) is 5.10 Å². The average Bonchev–Trinajstić information content (AvgIpc) is 3.31. The maximum Gasteiger partial charge on any atom is 0.366 e. The van der Waals surface area contributed by atoms with Gasteiger partial charge >= 0.3 is 6.03 Å². The molecule has 0 bridgehead atoms. The number of hydrazone groups is 1. The lowest BCUT2D eigenvalue weighted by atomic mass is 9.91. The fourth-order valence-electron chi connectivity index (χ4n) is 4.61. The predicted molar refractivity (Wildman–Crippen MR) is 130 cm³/mol. The highest BCUT2D eigenvalue weighted by Gasteiger charge is 2.39. The van der Waals surface area contributed by atoms with E-state index in [1.165, 1.54) is 5.56 Å². The molecule has 186 valence electrons. The lowest BCUT2D eigenvalue weighted by Crippen LogP contribution is -2.60. The molecule has 35 heavy (non-hydrogen) atoms. The van der Waals surface area contributed by atoms with Crippen molar-refractivity contribution in [3.05, 3.63) is 59.2 Å². The summed E-state index contributed by atoms with van der Waals surface area (Å²) in [5, 5.41) is 15.4. The summed E-state index contributed by atoms with van der Waals surface area (Å²) in [5.41, 5.74) is 2.64. The first-order valence-electron chi connectivity index (χ1n) is 12.0. The van der Waals surface area contributed by atoms with Crippen molar-refractivity contribution >= 4 is 12.2 Å². The Balaban J connectivity index is 1.08. The number of amides is 2. The van der Waals surface area contributed by atoms with Gasteiger partial charge in [-0.1, -0.05) is 36.4 Å². The van der Waals surface area contributed by atoms with Gasteiger partial charge in [0.25, 0.3) is 0 Å². The molecule has 1 unspecified atom stereocenters. The highest BCUT2D eigenvalue weighted by Crippen LogP contribution is 2.29. The highest BCUT2D eigenvalue weighted by molar-refractivity contribution is 5.78. The number of urea groups is 1. The fourth-order valence-corrected chi connectivity index (χ4v) is 4.61. The van der Waals surface area contributed by atoms with Gasteiger partial charge in [0.15, 0.2) is 6.10 Å². The van der Waals surface area contributed by atoms with Crippen LogP contribution >= 0.6 is 0 Å². The second-order valence-corrected chi connectivity index (χ2v) is 9.59. The summed E-state index contributed by atoms with van der Waals surface area (Å²) in [6.45, 7) is 7.27. The maximum absolute atomic E-state index is 12.7. The van der Waals surface area contributed by atoms with E-state index < -0.39 is 11.7 Å². The average molecular weight is 481 g/mol. The number of hydroxylamine groups is 1. The van der Waals surface area contributed by atoms with Crippen LogP contribution in [0.25, 0.3) is 0 Å². The standard InChI is InChI=1S/C26H32N4O5/c1-4-26(32)16-28(17-26)13-19-5-10-23(18(2)11-19)34-22-14-29(15-22)25(31)30-27-12-24(35-30)20-6-8-21(33-3)9-7-20/h5-12,22,24,32H,4,13-17H2,1-3H3. The van der Waals surface area contributed by atoms with Crippen molar-refractivity contribution in [3.63, 3.8) is 0 Å². The summed E-state index contributed by atoms with van der Waals surface area (Å²) in [7, 11) is 1.62. The van der Waals surface area contributed by atoms with Crippen LogP contribution in [0.1, 0.15) is 36.1 Å². The fraction of sp³-hybridized carbons (Fsp3) is 0.462. The van der Waals surface area contributed by atoms with Crippen molar-refractivity contribution < 1.29 is 24.2 Å². The van der Waals surface area contributed by atoms with Crippen LogP contribution in [0.15, 0.2) is 47.6 Å². The molecule has 1 atom stereocenters. The summed E-state index contributed by atoms with van der Waals surface area (Å²) in [6.07, 6.45) is 1.92. The lowest BCUT2D eigenvalue weighted by Gasteiger charge is -2.46. The van der Waals surface area contributed by atoms with E-state index in [1.54, 1.807) is 18.2 Å². The van der Waals surface area contributed by atoms with Crippen LogP contribution in [0.3, 0.4) is 0 Å². The third-order valence-corrected chi connectivity index (χ3v) is 6.88. The lowest BCUT2D eigenvalue weighted by molar-refractivity contribution is -0.134. The number of methoxy groups -OCH3 is 1. The predicted octanol–water partition coefficient (Wildman–Crippen LogP) is 3.12. The summed E-state index contributed by atoms with van der Waals surface area (Å²) in [6, 6.07) is 13.4. The molecule has 0 saturated carbocycles. The van der Waals surface area contributed by atoms with E-state index in [4.69, 9.17) is 14.3 Å². The van der Waals surface area contributed by atoms with Gasteiger partial charge in [-0.15, -0.1) is 0 Å². The topological polar surface area (TPSA) is 87.1 Å². The Kier molecular flexibility index (Phi) is 6.39. The minimum absolute atomic E-state index is 0.0672. The Hall–Kier alpha value is -3.14. The molecule has 3 aliphatic heterocycles. The number of carbonyl (C=O) groups excluding carboxylic acids is 1. The molecule has 5 rings (SSSR count). The van der Waals surface area contributed by atoms with E-state index >= 15 is 0 Å². The van der Waals surface area contributed by atoms with Crippen LogP contribution in [-0.4, -0.2) is 77.3 Å². The number of benzene rings is 2. The van der Waals surface area contributed by atoms with Crippen molar-refractivity contribution in [2.24, 2.45) is 5.10 Å². The Morgan fingerprint density at radius 3 is 2.60 bits per heavy atom. The van der Waals surface area contributed by atoms with E-state index in [9.17, 15) is 9.90 Å². The number of hydrogen-bond acceptors (Lipinski definition) is 7. The van der Waals surface area contributed by atoms with Crippen molar-refractivity contribution in [1.29, 1.82) is 0 Å². The number of ether oxygens (including phenoxy) is 2. The minimum Gasteiger partial charge on any atom is -0.497 e. The largest absolute Gasteiger partial charge is 0.497 e. The zero-order valence-corrected chi connectivity index (χ0v) is 20.4. The first-order chi connectivity index (χ1) is 16.9. The molecule has 0 spiro atoms. The van der Waals surface area contributed by atoms with Gasteiger partial charge in [0.2, 0.25) is 0 Å². The summed E-state index contributed by atoms with van der Waals surface area (Å²) in [4.78, 5) is 22.3. The molecule has 2 saturated heterocycles. The van der Waals surface area contributed by atoms with E-state index in [0.717, 1.165) is 53.9 Å². The molecule has 9 nitrogen and oxygen atoms in total. The van der Waals surface area contributed by atoms with Crippen molar-refractivity contribution in [1.82, 2.24) is 15.0 Å². The van der Waals surface area contributed by atoms with Gasteiger partial charge < -0.3 is 19.5 Å². The van der Waals surface area contributed by atoms with Crippen LogP contribution < -0.4 is 9.47 Å². The smallest absolute Gasteiger partial charge is 0.366 e. The van der Waals surface area contributed by atoms with Gasteiger partial charge in [0.1, 0.15) is 17.6 Å². The second-order valence-electron chi connectivity index (χ2n) is 9.59. The van der Waals surface area contributed by atoms with Gasteiger partial charge in [-0.25, -0.2) is 9.63 Å². The number of aliphatic hydroxyl groups is 1. The molecule has 2 fully saturated rings. The minimum atomic E-state index is -0.520. The van der Waals surface area contributed by atoms with Crippen molar-refractivity contribution in [3.8, 4) is 11.5 Å². The quantitative estimate of drug-likeness (QED) is 0.655. The molecule has 0 radical (unpaired) electrons. The third-order valence-electron chi connectivity index (χ3n) is 6.88. The van der Waals surface area contributed by atoms with E-state index in [2.05, 4.69) is 22.1 Å². The highest BCUT2D eigenvalue weighted by atomic mass is 16.7.